The number of amides is 2. The predicted octanol–water partition coefficient (Wildman–Crippen LogP) is 4.70. The fourth-order valence-corrected chi connectivity index (χ4v) is 3.82. The third kappa shape index (κ3) is 4.71. The second-order valence-electron chi connectivity index (χ2n) is 7.83. The van der Waals surface area contributed by atoms with Crippen LogP contribution in [0.5, 0.6) is 0 Å². The highest BCUT2D eigenvalue weighted by Crippen LogP contribution is 2.23. The molecule has 0 spiro atoms. The average Bonchev–Trinajstić information content (AvgIpc) is 2.99. The second kappa shape index (κ2) is 8.59. The van der Waals surface area contributed by atoms with Crippen molar-refractivity contribution in [3.8, 4) is 0 Å². The van der Waals surface area contributed by atoms with E-state index in [0.29, 0.717) is 5.92 Å². The maximum atomic E-state index is 12.6. The van der Waals surface area contributed by atoms with Crippen molar-refractivity contribution in [3.63, 3.8) is 0 Å². The molecule has 0 saturated carbocycles. The van der Waals surface area contributed by atoms with Crippen LogP contribution in [0.3, 0.4) is 0 Å². The summed E-state index contributed by atoms with van der Waals surface area (Å²) in [7, 11) is 0. The lowest BCUT2D eigenvalue weighted by Crippen LogP contribution is -2.41. The van der Waals surface area contributed by atoms with Crippen molar-refractivity contribution in [2.24, 2.45) is 5.92 Å². The molecule has 0 unspecified atom stereocenters. The number of imidazole rings is 1. The Morgan fingerprint density at radius 1 is 1.19 bits per heavy atom. The van der Waals surface area contributed by atoms with Crippen LogP contribution >= 0.6 is 0 Å². The summed E-state index contributed by atoms with van der Waals surface area (Å²) in [4.78, 5) is 19.1. The van der Waals surface area contributed by atoms with Crippen LogP contribution in [0.2, 0.25) is 0 Å². The van der Waals surface area contributed by atoms with Gasteiger partial charge in [-0.2, -0.15) is 0 Å². The number of carbonyl (C=O) groups excluding carboxylic acids is 1. The van der Waals surface area contributed by atoms with Gasteiger partial charge in [0.1, 0.15) is 5.82 Å². The van der Waals surface area contributed by atoms with Gasteiger partial charge >= 0.3 is 6.03 Å². The Morgan fingerprint density at radius 3 is 2.59 bits per heavy atom. The molecule has 1 fully saturated rings. The van der Waals surface area contributed by atoms with Gasteiger partial charge in [0.05, 0.1) is 0 Å². The number of rotatable bonds is 5. The van der Waals surface area contributed by atoms with Crippen LogP contribution in [0.4, 0.5) is 10.5 Å². The summed E-state index contributed by atoms with van der Waals surface area (Å²) >= 11 is 0. The lowest BCUT2D eigenvalue weighted by atomic mass is 9.93. The third-order valence-corrected chi connectivity index (χ3v) is 5.72. The highest BCUT2D eigenvalue weighted by Gasteiger charge is 2.24. The molecule has 2 aromatic rings. The lowest BCUT2D eigenvalue weighted by Gasteiger charge is -2.32. The normalized spacial score (nSPS) is 15.2. The van der Waals surface area contributed by atoms with Crippen molar-refractivity contribution in [2.75, 3.05) is 18.4 Å². The van der Waals surface area contributed by atoms with Gasteiger partial charge in [-0.1, -0.05) is 13.0 Å². The van der Waals surface area contributed by atoms with Crippen molar-refractivity contribution in [1.29, 1.82) is 0 Å². The SMILES string of the molecule is CCCn1c(C)cnc1CC1CCN(C(=O)Nc2ccc(C)c(C)c2)CC1. The summed E-state index contributed by atoms with van der Waals surface area (Å²) in [6, 6.07) is 6.08. The molecular formula is C22H32N4O. The summed E-state index contributed by atoms with van der Waals surface area (Å²) in [5.41, 5.74) is 4.56. The van der Waals surface area contributed by atoms with Crippen molar-refractivity contribution in [1.82, 2.24) is 14.5 Å². The van der Waals surface area contributed by atoms with Crippen molar-refractivity contribution < 1.29 is 4.79 Å². The summed E-state index contributed by atoms with van der Waals surface area (Å²) in [6.45, 7) is 11.2. The molecule has 0 aliphatic carbocycles. The number of aromatic nitrogens is 2. The number of benzene rings is 1. The summed E-state index contributed by atoms with van der Waals surface area (Å²) in [6.07, 6.45) is 6.20. The average molecular weight is 369 g/mol. The first-order valence-corrected chi connectivity index (χ1v) is 10.1. The number of hydrogen-bond donors (Lipinski definition) is 1. The minimum atomic E-state index is 0.0139. The molecule has 0 atom stereocenters. The minimum Gasteiger partial charge on any atom is -0.332 e. The van der Waals surface area contributed by atoms with Crippen molar-refractivity contribution >= 4 is 11.7 Å². The van der Waals surface area contributed by atoms with Gasteiger partial charge in [-0.3, -0.25) is 0 Å². The van der Waals surface area contributed by atoms with Gasteiger partial charge in [0.25, 0.3) is 0 Å². The Labute approximate surface area is 162 Å². The number of urea groups is 1. The van der Waals surface area contributed by atoms with E-state index in [1.807, 2.05) is 23.2 Å². The molecule has 5 nitrogen and oxygen atoms in total. The Morgan fingerprint density at radius 2 is 1.93 bits per heavy atom. The molecule has 2 heterocycles. The molecule has 0 bridgehead atoms. The zero-order valence-corrected chi connectivity index (χ0v) is 17.1. The number of carbonyl (C=O) groups is 1. The molecule has 0 radical (unpaired) electrons. The maximum absolute atomic E-state index is 12.6. The van der Waals surface area contributed by atoms with E-state index in [-0.39, 0.29) is 6.03 Å². The molecule has 146 valence electrons. The van der Waals surface area contributed by atoms with Gasteiger partial charge < -0.3 is 14.8 Å². The van der Waals surface area contributed by atoms with E-state index >= 15 is 0 Å². The zero-order valence-electron chi connectivity index (χ0n) is 17.1. The van der Waals surface area contributed by atoms with Crippen LogP contribution in [0, 0.1) is 26.7 Å². The van der Waals surface area contributed by atoms with Gasteiger partial charge in [-0.25, -0.2) is 9.78 Å². The maximum Gasteiger partial charge on any atom is 0.321 e. The van der Waals surface area contributed by atoms with Crippen LogP contribution in [0.25, 0.3) is 0 Å². The van der Waals surface area contributed by atoms with Crippen LogP contribution in [0.15, 0.2) is 24.4 Å². The third-order valence-electron chi connectivity index (χ3n) is 5.72. The molecule has 2 amide bonds. The number of nitrogens with zero attached hydrogens (tertiary/aromatic N) is 3. The van der Waals surface area contributed by atoms with E-state index in [0.717, 1.165) is 51.0 Å². The standard InChI is InChI=1S/C22H32N4O/c1-5-10-26-18(4)15-23-21(26)14-19-8-11-25(12-9-19)22(27)24-20-7-6-16(2)17(3)13-20/h6-7,13,15,19H,5,8-12,14H2,1-4H3,(H,24,27). The first-order valence-electron chi connectivity index (χ1n) is 10.1. The molecule has 1 aromatic carbocycles. The molecule has 1 aliphatic heterocycles. The van der Waals surface area contributed by atoms with E-state index in [2.05, 4.69) is 48.6 Å². The molecule has 5 heteroatoms. The molecule has 1 saturated heterocycles. The molecular weight excluding hydrogens is 336 g/mol. The molecule has 3 rings (SSSR count). The molecule has 1 aliphatic rings. The van der Waals surface area contributed by atoms with E-state index in [4.69, 9.17) is 0 Å². The van der Waals surface area contributed by atoms with Crippen molar-refractivity contribution in [2.45, 2.75) is 59.9 Å². The molecule has 27 heavy (non-hydrogen) atoms. The first kappa shape index (κ1) is 19.5. The van der Waals surface area contributed by atoms with E-state index in [1.165, 1.54) is 22.6 Å². The number of nitrogens with one attached hydrogen (secondary N) is 1. The predicted molar refractivity (Wildman–Crippen MR) is 110 cm³/mol. The largest absolute Gasteiger partial charge is 0.332 e. The van der Waals surface area contributed by atoms with Gasteiger partial charge in [0.15, 0.2) is 0 Å². The fourth-order valence-electron chi connectivity index (χ4n) is 3.82. The Bertz CT molecular complexity index is 788. The second-order valence-corrected chi connectivity index (χ2v) is 7.83. The van der Waals surface area contributed by atoms with Crippen LogP contribution < -0.4 is 5.32 Å². The number of piperidine rings is 1. The summed E-state index contributed by atoms with van der Waals surface area (Å²) < 4.78 is 2.35. The van der Waals surface area contributed by atoms with Gasteiger partial charge in [0, 0.05) is 43.6 Å². The van der Waals surface area contributed by atoms with Crippen LogP contribution in [0.1, 0.15) is 48.8 Å². The number of anilines is 1. The topological polar surface area (TPSA) is 50.2 Å². The lowest BCUT2D eigenvalue weighted by molar-refractivity contribution is 0.181. The van der Waals surface area contributed by atoms with E-state index < -0.39 is 0 Å². The Kier molecular flexibility index (Phi) is 6.19. The number of hydrogen-bond acceptors (Lipinski definition) is 2. The van der Waals surface area contributed by atoms with E-state index in [1.54, 1.807) is 0 Å². The summed E-state index contributed by atoms with van der Waals surface area (Å²) in [5.74, 6) is 1.81. The van der Waals surface area contributed by atoms with Gasteiger partial charge in [-0.15, -0.1) is 0 Å². The highest BCUT2D eigenvalue weighted by molar-refractivity contribution is 5.89. The van der Waals surface area contributed by atoms with Gasteiger partial charge in [0.2, 0.25) is 0 Å². The molecule has 1 N–H and O–H groups in total. The quantitative estimate of drug-likeness (QED) is 0.831. The Balaban J connectivity index is 1.52. The summed E-state index contributed by atoms with van der Waals surface area (Å²) in [5, 5.41) is 3.04. The van der Waals surface area contributed by atoms with Crippen LogP contribution in [-0.4, -0.2) is 33.6 Å². The monoisotopic (exact) mass is 368 g/mol. The van der Waals surface area contributed by atoms with Crippen LogP contribution in [-0.2, 0) is 13.0 Å². The van der Waals surface area contributed by atoms with E-state index in [9.17, 15) is 4.79 Å². The number of likely N-dealkylation sites (tertiary alicyclic amines) is 1. The highest BCUT2D eigenvalue weighted by atomic mass is 16.2. The number of aryl methyl sites for hydroxylation is 3. The Hall–Kier alpha value is -2.30. The molecule has 1 aromatic heterocycles. The van der Waals surface area contributed by atoms with Crippen molar-refractivity contribution in [3.05, 3.63) is 47.0 Å². The first-order chi connectivity index (χ1) is 13.0. The van der Waals surface area contributed by atoms with Gasteiger partial charge in [-0.05, 0) is 69.2 Å². The smallest absolute Gasteiger partial charge is 0.321 e. The zero-order chi connectivity index (χ0) is 19.4. The minimum absolute atomic E-state index is 0.0139. The fraction of sp³-hybridized carbons (Fsp3) is 0.545.